The minimum absolute atomic E-state index is 0.105. The fraction of sp³-hybridized carbons (Fsp3) is 0.946. The first-order valence-electron chi connectivity index (χ1n) is 38.2. The topological polar surface area (TPSA) is 237 Å². The summed E-state index contributed by atoms with van der Waals surface area (Å²) < 4.78 is 68.4. The van der Waals surface area contributed by atoms with Crippen molar-refractivity contribution in [2.75, 3.05) is 39.6 Å². The van der Waals surface area contributed by atoms with Gasteiger partial charge in [-0.2, -0.15) is 0 Å². The van der Waals surface area contributed by atoms with Gasteiger partial charge in [-0.3, -0.25) is 37.3 Å². The van der Waals surface area contributed by atoms with Crippen LogP contribution in [0.4, 0.5) is 0 Å². The quantitative estimate of drug-likeness (QED) is 0.0222. The van der Waals surface area contributed by atoms with Gasteiger partial charge < -0.3 is 33.8 Å². The normalized spacial score (nSPS) is 14.2. The van der Waals surface area contributed by atoms with Gasteiger partial charge in [0, 0.05) is 25.7 Å². The molecule has 3 N–H and O–H groups in total. The fourth-order valence-corrected chi connectivity index (χ4v) is 12.8. The molecule has 5 atom stereocenters. The number of carbonyl (C=O) groups is 4. The molecule has 0 aliphatic carbocycles. The third-order valence-electron chi connectivity index (χ3n) is 17.1. The van der Waals surface area contributed by atoms with Crippen molar-refractivity contribution in [2.45, 2.75) is 388 Å². The van der Waals surface area contributed by atoms with Crippen LogP contribution in [0.2, 0.25) is 0 Å². The number of unbranched alkanes of at least 4 members (excludes halogenated alkanes) is 37. The van der Waals surface area contributed by atoms with Crippen LogP contribution >= 0.6 is 15.6 Å². The second kappa shape index (κ2) is 63.5. The number of aliphatic hydroxyl groups is 1. The van der Waals surface area contributed by atoms with Crippen LogP contribution in [-0.4, -0.2) is 96.7 Å². The standard InChI is InChI=1S/C74H144O17P2/c1-64(2)50-42-34-26-19-15-13-11-9-10-12-14-16-21-31-40-48-56-73(78)90-69(60-84-71(76)54-46-38-30-24-23-28-36-44-52-66(5)6)62-88-92(80,81)86-58-68(75)59-87-93(82,83)89-63-70(61-85-72(77)55-47-39-33-25-29-37-45-53-67(7)8)91-74(79)57-49-41-32-22-18-17-20-27-35-43-51-65(3)4/h64-70,75H,9-63H2,1-8H3,(H,80,81)(H,82,83)/t68?,69-,70-/m1/s1. The monoisotopic (exact) mass is 1370 g/mol. The molecule has 0 saturated heterocycles. The number of hydrogen-bond acceptors (Lipinski definition) is 15. The first kappa shape index (κ1) is 91.1. The number of esters is 4. The summed E-state index contributed by atoms with van der Waals surface area (Å²) in [5.41, 5.74) is 0. The number of hydrogen-bond donors (Lipinski definition) is 3. The Kier molecular flexibility index (Phi) is 62.2. The predicted octanol–water partition coefficient (Wildman–Crippen LogP) is 21.3. The van der Waals surface area contributed by atoms with E-state index >= 15 is 0 Å². The van der Waals surface area contributed by atoms with Gasteiger partial charge in [-0.15, -0.1) is 0 Å². The summed E-state index contributed by atoms with van der Waals surface area (Å²) in [4.78, 5) is 72.7. The Labute approximate surface area is 568 Å². The molecule has 0 amide bonds. The van der Waals surface area contributed by atoms with E-state index < -0.39 is 97.5 Å². The zero-order valence-corrected chi connectivity index (χ0v) is 62.7. The van der Waals surface area contributed by atoms with Crippen molar-refractivity contribution in [3.05, 3.63) is 0 Å². The highest BCUT2D eigenvalue weighted by atomic mass is 31.2. The van der Waals surface area contributed by atoms with E-state index in [-0.39, 0.29) is 25.7 Å². The van der Waals surface area contributed by atoms with Crippen molar-refractivity contribution in [3.8, 4) is 0 Å². The molecule has 0 aliphatic heterocycles. The third kappa shape index (κ3) is 68.4. The van der Waals surface area contributed by atoms with Crippen molar-refractivity contribution >= 4 is 39.5 Å². The second-order valence-electron chi connectivity index (χ2n) is 28.6. The number of phosphoric acid groups is 2. The summed E-state index contributed by atoms with van der Waals surface area (Å²) in [6.45, 7) is 14.1. The van der Waals surface area contributed by atoms with E-state index in [1.54, 1.807) is 0 Å². The number of carbonyl (C=O) groups excluding carboxylic acids is 4. The summed E-state index contributed by atoms with van der Waals surface area (Å²) in [6, 6.07) is 0. The Morgan fingerprint density at radius 3 is 0.667 bits per heavy atom. The lowest BCUT2D eigenvalue weighted by Crippen LogP contribution is -2.30. The Morgan fingerprint density at radius 2 is 0.452 bits per heavy atom. The fourth-order valence-electron chi connectivity index (χ4n) is 11.2. The number of ether oxygens (including phenoxy) is 4. The molecule has 0 bridgehead atoms. The zero-order valence-electron chi connectivity index (χ0n) is 60.9. The van der Waals surface area contributed by atoms with Gasteiger partial charge >= 0.3 is 39.5 Å². The molecule has 93 heavy (non-hydrogen) atoms. The van der Waals surface area contributed by atoms with Crippen LogP contribution in [0.15, 0.2) is 0 Å². The molecule has 0 radical (unpaired) electrons. The molecule has 0 aromatic carbocycles. The average molecular weight is 1370 g/mol. The molecular weight excluding hydrogens is 1220 g/mol. The summed E-state index contributed by atoms with van der Waals surface area (Å²) >= 11 is 0. The van der Waals surface area contributed by atoms with Crippen LogP contribution in [0.1, 0.15) is 370 Å². The Bertz CT molecular complexity index is 1830. The highest BCUT2D eigenvalue weighted by Crippen LogP contribution is 2.45. The van der Waals surface area contributed by atoms with Gasteiger partial charge in [0.2, 0.25) is 0 Å². The number of aliphatic hydroxyl groups excluding tert-OH is 1. The smallest absolute Gasteiger partial charge is 0.462 e. The van der Waals surface area contributed by atoms with Crippen molar-refractivity contribution in [1.29, 1.82) is 0 Å². The summed E-state index contributed by atoms with van der Waals surface area (Å²) in [5, 5.41) is 10.6. The predicted molar refractivity (Wildman–Crippen MR) is 377 cm³/mol. The van der Waals surface area contributed by atoms with Crippen molar-refractivity contribution in [1.82, 2.24) is 0 Å². The molecule has 0 aromatic heterocycles. The van der Waals surface area contributed by atoms with Crippen molar-refractivity contribution in [3.63, 3.8) is 0 Å². The molecule has 0 aliphatic rings. The minimum atomic E-state index is -4.96. The molecule has 0 spiro atoms. The molecule has 552 valence electrons. The first-order chi connectivity index (χ1) is 44.6. The Hall–Kier alpha value is -1.94. The lowest BCUT2D eigenvalue weighted by atomic mass is 10.0. The van der Waals surface area contributed by atoms with Gasteiger partial charge in [-0.25, -0.2) is 9.13 Å². The van der Waals surface area contributed by atoms with Crippen LogP contribution in [-0.2, 0) is 65.4 Å². The van der Waals surface area contributed by atoms with Crippen LogP contribution in [0.25, 0.3) is 0 Å². The van der Waals surface area contributed by atoms with Crippen LogP contribution < -0.4 is 0 Å². The van der Waals surface area contributed by atoms with Gasteiger partial charge in [-0.1, -0.05) is 319 Å². The highest BCUT2D eigenvalue weighted by Gasteiger charge is 2.30. The third-order valence-corrected chi connectivity index (χ3v) is 19.0. The zero-order chi connectivity index (χ0) is 68.9. The van der Waals surface area contributed by atoms with Gasteiger partial charge in [0.25, 0.3) is 0 Å². The molecular formula is C74H144O17P2. The first-order valence-corrected chi connectivity index (χ1v) is 41.2. The highest BCUT2D eigenvalue weighted by molar-refractivity contribution is 7.47. The summed E-state index contributed by atoms with van der Waals surface area (Å²) in [5.74, 6) is 0.867. The maximum Gasteiger partial charge on any atom is 0.472 e. The minimum Gasteiger partial charge on any atom is -0.462 e. The van der Waals surface area contributed by atoms with Crippen LogP contribution in [0, 0.1) is 23.7 Å². The molecule has 19 heteroatoms. The van der Waals surface area contributed by atoms with E-state index in [1.165, 1.54) is 167 Å². The molecule has 17 nitrogen and oxygen atoms in total. The van der Waals surface area contributed by atoms with E-state index in [1.807, 2.05) is 0 Å². The lowest BCUT2D eigenvalue weighted by Gasteiger charge is -2.21. The molecule has 0 saturated carbocycles. The van der Waals surface area contributed by atoms with Gasteiger partial charge in [0.15, 0.2) is 12.2 Å². The van der Waals surface area contributed by atoms with Crippen LogP contribution in [0.5, 0.6) is 0 Å². The van der Waals surface area contributed by atoms with Crippen molar-refractivity contribution < 1.29 is 80.2 Å². The lowest BCUT2D eigenvalue weighted by molar-refractivity contribution is -0.161. The number of rotatable bonds is 71. The van der Waals surface area contributed by atoms with Gasteiger partial charge in [0.1, 0.15) is 19.3 Å². The molecule has 0 fully saturated rings. The van der Waals surface area contributed by atoms with E-state index in [0.717, 1.165) is 114 Å². The van der Waals surface area contributed by atoms with Gasteiger partial charge in [0.05, 0.1) is 26.4 Å². The van der Waals surface area contributed by atoms with Gasteiger partial charge in [-0.05, 0) is 49.4 Å². The largest absolute Gasteiger partial charge is 0.472 e. The maximum absolute atomic E-state index is 13.1. The molecule has 0 rings (SSSR count). The van der Waals surface area contributed by atoms with E-state index in [4.69, 9.17) is 37.0 Å². The summed E-state index contributed by atoms with van der Waals surface area (Å²) in [7, 11) is -9.91. The van der Waals surface area contributed by atoms with E-state index in [0.29, 0.717) is 31.6 Å². The Morgan fingerprint density at radius 1 is 0.269 bits per heavy atom. The molecule has 0 aromatic rings. The SMILES string of the molecule is CC(C)CCCCCCCCCCCCCCCCCCC(=O)O[C@H](COC(=O)CCCCCCCCCCC(C)C)COP(=O)(O)OCC(O)COP(=O)(O)OC[C@@H](COC(=O)CCCCCCCCCC(C)C)OC(=O)CCCCCCCCCCCCC(C)C. The summed E-state index contributed by atoms with van der Waals surface area (Å²) in [6.07, 6.45) is 47.4. The van der Waals surface area contributed by atoms with Crippen LogP contribution in [0.3, 0.4) is 0 Å². The maximum atomic E-state index is 13.1. The second-order valence-corrected chi connectivity index (χ2v) is 31.5. The van der Waals surface area contributed by atoms with E-state index in [2.05, 4.69) is 55.4 Å². The number of phosphoric ester groups is 2. The average Bonchev–Trinajstić information content (AvgIpc) is 1.92. The van der Waals surface area contributed by atoms with Crippen molar-refractivity contribution in [2.24, 2.45) is 23.7 Å². The molecule has 0 heterocycles. The molecule has 3 unspecified atom stereocenters. The van der Waals surface area contributed by atoms with E-state index in [9.17, 15) is 43.2 Å². The Balaban J connectivity index is 5.22.